The third kappa shape index (κ3) is 2.97. The molecule has 4 rings (SSSR count). The number of nitrogens with one attached hydrogen (secondary N) is 2. The molecule has 0 saturated carbocycles. The topological polar surface area (TPSA) is 83.4 Å². The Hall–Kier alpha value is -2.12. The van der Waals surface area contributed by atoms with Crippen LogP contribution in [0.1, 0.15) is 29.1 Å². The summed E-state index contributed by atoms with van der Waals surface area (Å²) in [6, 6.07) is 5.74. The first-order valence-electron chi connectivity index (χ1n) is 8.45. The van der Waals surface area contributed by atoms with Crippen LogP contribution < -0.4 is 5.32 Å². The van der Waals surface area contributed by atoms with E-state index in [0.717, 1.165) is 18.8 Å². The molecule has 0 aromatic carbocycles. The fraction of sp³-hybridized carbons (Fsp3) is 0.529. The first-order chi connectivity index (χ1) is 11.7. The molecule has 0 unspecified atom stereocenters. The molecule has 7 nitrogen and oxygen atoms in total. The first-order valence-corrected chi connectivity index (χ1v) is 8.45. The molecule has 2 aliphatic rings. The molecule has 2 fully saturated rings. The average molecular weight is 330 g/mol. The molecule has 128 valence electrons. The number of aromatic amines is 1. The number of rotatable bonds is 4. The van der Waals surface area contributed by atoms with Gasteiger partial charge in [0.1, 0.15) is 11.5 Å². The lowest BCUT2D eigenvalue weighted by Crippen LogP contribution is -2.50. The monoisotopic (exact) mass is 330 g/mol. The van der Waals surface area contributed by atoms with Crippen molar-refractivity contribution >= 4 is 5.91 Å². The Morgan fingerprint density at radius 2 is 2.17 bits per heavy atom. The summed E-state index contributed by atoms with van der Waals surface area (Å²) >= 11 is 0. The predicted molar refractivity (Wildman–Crippen MR) is 87.7 cm³/mol. The summed E-state index contributed by atoms with van der Waals surface area (Å²) in [5.74, 6) is 1.32. The second kappa shape index (κ2) is 6.41. The standard InChI is InChI=1S/C17H22N4O3/c1-11-4-5-16(24-11)12-8-13(20-19-12)17(22)18-14-9-23-10-15(14)21-6-2-3-7-21/h4-5,8,14-15H,2-3,6-7,9-10H2,1H3,(H,18,22)(H,19,20)/t14-,15-/m1/s1. The van der Waals surface area contributed by atoms with E-state index in [4.69, 9.17) is 9.15 Å². The lowest BCUT2D eigenvalue weighted by Gasteiger charge is -2.27. The Morgan fingerprint density at radius 3 is 2.92 bits per heavy atom. The van der Waals surface area contributed by atoms with Gasteiger partial charge in [0.05, 0.1) is 25.3 Å². The van der Waals surface area contributed by atoms with E-state index >= 15 is 0 Å². The third-order valence-corrected chi connectivity index (χ3v) is 4.79. The molecule has 1 amide bonds. The molecule has 2 saturated heterocycles. The molecule has 0 radical (unpaired) electrons. The van der Waals surface area contributed by atoms with Crippen LogP contribution in [0, 0.1) is 6.92 Å². The van der Waals surface area contributed by atoms with Crippen LogP contribution >= 0.6 is 0 Å². The summed E-state index contributed by atoms with van der Waals surface area (Å²) < 4.78 is 11.1. The molecule has 0 spiro atoms. The molecule has 7 heteroatoms. The summed E-state index contributed by atoms with van der Waals surface area (Å²) in [6.45, 7) is 5.30. The number of amides is 1. The Labute approximate surface area is 140 Å². The van der Waals surface area contributed by atoms with Gasteiger partial charge in [-0.25, -0.2) is 0 Å². The molecule has 4 heterocycles. The number of aromatic nitrogens is 2. The van der Waals surface area contributed by atoms with Gasteiger partial charge in [-0.3, -0.25) is 14.8 Å². The van der Waals surface area contributed by atoms with Crippen LogP contribution in [-0.4, -0.2) is 59.4 Å². The Bertz CT molecular complexity index is 717. The van der Waals surface area contributed by atoms with Gasteiger partial charge in [0.25, 0.3) is 5.91 Å². The highest BCUT2D eigenvalue weighted by Crippen LogP contribution is 2.21. The third-order valence-electron chi connectivity index (χ3n) is 4.79. The van der Waals surface area contributed by atoms with E-state index in [1.165, 1.54) is 12.8 Å². The van der Waals surface area contributed by atoms with E-state index in [1.807, 2.05) is 19.1 Å². The van der Waals surface area contributed by atoms with E-state index < -0.39 is 0 Å². The highest BCUT2D eigenvalue weighted by molar-refractivity contribution is 5.93. The summed E-state index contributed by atoms with van der Waals surface area (Å²) in [5, 5.41) is 10.0. The average Bonchev–Trinajstić information content (AvgIpc) is 3.34. The molecular weight excluding hydrogens is 308 g/mol. The van der Waals surface area contributed by atoms with Crippen molar-refractivity contribution in [1.82, 2.24) is 20.4 Å². The van der Waals surface area contributed by atoms with Crippen LogP contribution in [0.15, 0.2) is 22.6 Å². The van der Waals surface area contributed by atoms with Crippen LogP contribution in [0.25, 0.3) is 11.5 Å². The van der Waals surface area contributed by atoms with Crippen molar-refractivity contribution in [2.75, 3.05) is 26.3 Å². The minimum atomic E-state index is -0.180. The zero-order valence-corrected chi connectivity index (χ0v) is 13.7. The highest BCUT2D eigenvalue weighted by atomic mass is 16.5. The van der Waals surface area contributed by atoms with E-state index in [0.29, 0.717) is 30.4 Å². The van der Waals surface area contributed by atoms with Gasteiger partial charge in [0.2, 0.25) is 0 Å². The molecule has 24 heavy (non-hydrogen) atoms. The van der Waals surface area contributed by atoms with Crippen molar-refractivity contribution in [2.24, 2.45) is 0 Å². The van der Waals surface area contributed by atoms with Crippen LogP contribution in [0.4, 0.5) is 0 Å². The maximum absolute atomic E-state index is 12.5. The number of furan rings is 1. The molecule has 2 atom stereocenters. The normalized spacial score (nSPS) is 24.5. The van der Waals surface area contributed by atoms with Crippen molar-refractivity contribution in [3.8, 4) is 11.5 Å². The molecule has 2 aromatic rings. The molecule has 0 bridgehead atoms. The number of carbonyl (C=O) groups is 1. The first kappa shape index (κ1) is 15.4. The quantitative estimate of drug-likeness (QED) is 0.889. The van der Waals surface area contributed by atoms with Gasteiger partial charge in [-0.05, 0) is 45.0 Å². The van der Waals surface area contributed by atoms with Gasteiger partial charge in [-0.1, -0.05) is 0 Å². The zero-order chi connectivity index (χ0) is 16.5. The molecule has 0 aliphatic carbocycles. The van der Waals surface area contributed by atoms with Crippen LogP contribution in [0.3, 0.4) is 0 Å². The molecule has 2 aliphatic heterocycles. The van der Waals surface area contributed by atoms with E-state index in [9.17, 15) is 4.79 Å². The van der Waals surface area contributed by atoms with Gasteiger partial charge in [0, 0.05) is 6.07 Å². The van der Waals surface area contributed by atoms with Gasteiger partial charge in [-0.15, -0.1) is 0 Å². The summed E-state index contributed by atoms with van der Waals surface area (Å²) in [5.41, 5.74) is 1.07. The number of ether oxygens (including phenoxy) is 1. The van der Waals surface area contributed by atoms with Gasteiger partial charge in [-0.2, -0.15) is 5.10 Å². The smallest absolute Gasteiger partial charge is 0.272 e. The molecule has 2 N–H and O–H groups in total. The minimum Gasteiger partial charge on any atom is -0.460 e. The number of likely N-dealkylation sites (tertiary alicyclic amines) is 1. The number of hydrogen-bond donors (Lipinski definition) is 2. The number of aryl methyl sites for hydroxylation is 1. The lowest BCUT2D eigenvalue weighted by atomic mass is 10.1. The van der Waals surface area contributed by atoms with Crippen molar-refractivity contribution in [1.29, 1.82) is 0 Å². The zero-order valence-electron chi connectivity index (χ0n) is 13.7. The van der Waals surface area contributed by atoms with Gasteiger partial charge in [0.15, 0.2) is 11.5 Å². The highest BCUT2D eigenvalue weighted by Gasteiger charge is 2.35. The van der Waals surface area contributed by atoms with Gasteiger partial charge >= 0.3 is 0 Å². The van der Waals surface area contributed by atoms with Crippen molar-refractivity contribution in [3.05, 3.63) is 29.7 Å². The Balaban J connectivity index is 1.43. The summed E-state index contributed by atoms with van der Waals surface area (Å²) in [7, 11) is 0. The SMILES string of the molecule is Cc1ccc(-c2cc(C(=O)N[C@@H]3COC[C@H]3N3CCCC3)n[nH]2)o1. The Morgan fingerprint density at radius 1 is 1.33 bits per heavy atom. The maximum atomic E-state index is 12.5. The van der Waals surface area contributed by atoms with Crippen molar-refractivity contribution in [3.63, 3.8) is 0 Å². The molecule has 2 aromatic heterocycles. The van der Waals surface area contributed by atoms with Crippen molar-refractivity contribution in [2.45, 2.75) is 31.8 Å². The maximum Gasteiger partial charge on any atom is 0.272 e. The Kier molecular flexibility index (Phi) is 4.12. The van der Waals surface area contributed by atoms with Crippen LogP contribution in [0.2, 0.25) is 0 Å². The molecular formula is C17H22N4O3. The summed E-state index contributed by atoms with van der Waals surface area (Å²) in [6.07, 6.45) is 2.45. The lowest BCUT2D eigenvalue weighted by molar-refractivity contribution is 0.0911. The van der Waals surface area contributed by atoms with Crippen LogP contribution in [0.5, 0.6) is 0 Å². The predicted octanol–water partition coefficient (Wildman–Crippen LogP) is 1.57. The van der Waals surface area contributed by atoms with E-state index in [1.54, 1.807) is 6.07 Å². The number of H-pyrrole nitrogens is 1. The van der Waals surface area contributed by atoms with E-state index in [2.05, 4.69) is 20.4 Å². The number of nitrogens with zero attached hydrogens (tertiary/aromatic N) is 2. The second-order valence-corrected chi connectivity index (χ2v) is 6.50. The van der Waals surface area contributed by atoms with Crippen LogP contribution in [-0.2, 0) is 4.74 Å². The largest absolute Gasteiger partial charge is 0.460 e. The number of hydrogen-bond acceptors (Lipinski definition) is 5. The minimum absolute atomic E-state index is 0.0154. The number of carbonyl (C=O) groups excluding carboxylic acids is 1. The summed E-state index contributed by atoms with van der Waals surface area (Å²) in [4.78, 5) is 14.9. The second-order valence-electron chi connectivity index (χ2n) is 6.50. The fourth-order valence-corrected chi connectivity index (χ4v) is 3.50. The van der Waals surface area contributed by atoms with E-state index in [-0.39, 0.29) is 18.0 Å². The van der Waals surface area contributed by atoms with Gasteiger partial charge < -0.3 is 14.5 Å². The van der Waals surface area contributed by atoms with Crippen molar-refractivity contribution < 1.29 is 13.9 Å². The fourth-order valence-electron chi connectivity index (χ4n) is 3.50.